The molecule has 2 N–H and O–H groups in total. The summed E-state index contributed by atoms with van der Waals surface area (Å²) in [6.45, 7) is 5.34. The highest BCUT2D eigenvalue weighted by atomic mass is 32.1. The Bertz CT molecular complexity index is 844. The number of nitrogens with one attached hydrogen (secondary N) is 2. The Morgan fingerprint density at radius 3 is 2.62 bits per heavy atom. The zero-order valence-corrected chi connectivity index (χ0v) is 17.1. The van der Waals surface area contributed by atoms with E-state index in [-0.39, 0.29) is 22.9 Å². The van der Waals surface area contributed by atoms with Gasteiger partial charge in [-0.1, -0.05) is 37.3 Å². The molecule has 1 fully saturated rings. The van der Waals surface area contributed by atoms with Gasteiger partial charge < -0.3 is 15.5 Å². The average Bonchev–Trinajstić information content (AvgIpc) is 2.67. The predicted molar refractivity (Wildman–Crippen MR) is 112 cm³/mol. The summed E-state index contributed by atoms with van der Waals surface area (Å²) in [5, 5.41) is 5.94. The van der Waals surface area contributed by atoms with E-state index >= 15 is 0 Å². The molecule has 1 aromatic carbocycles. The van der Waals surface area contributed by atoms with Crippen LogP contribution < -0.4 is 15.5 Å². The van der Waals surface area contributed by atoms with E-state index in [4.69, 9.17) is 12.2 Å². The zero-order valence-electron chi connectivity index (χ0n) is 16.3. The highest BCUT2D eigenvalue weighted by Gasteiger charge is 2.34. The van der Waals surface area contributed by atoms with Crippen molar-refractivity contribution in [3.63, 3.8) is 0 Å². The van der Waals surface area contributed by atoms with Gasteiger partial charge in [0.2, 0.25) is 5.95 Å². The zero-order chi connectivity index (χ0) is 21.0. The molecule has 2 heterocycles. The maximum absolute atomic E-state index is 13.4. The van der Waals surface area contributed by atoms with E-state index in [1.54, 1.807) is 0 Å². The van der Waals surface area contributed by atoms with Crippen molar-refractivity contribution >= 4 is 29.1 Å². The average molecular weight is 424 g/mol. The highest BCUT2D eigenvalue weighted by molar-refractivity contribution is 7.80. The fourth-order valence-corrected chi connectivity index (χ4v) is 3.62. The van der Waals surface area contributed by atoms with Crippen molar-refractivity contribution in [1.29, 1.82) is 0 Å². The number of alkyl halides is 3. The number of anilines is 2. The number of rotatable bonds is 4. The Labute approximate surface area is 173 Å². The molecule has 2 atom stereocenters. The third-order valence-electron chi connectivity index (χ3n) is 4.86. The number of aromatic nitrogens is 2. The molecule has 1 saturated heterocycles. The molecule has 5 nitrogen and oxygen atoms in total. The molecular weight excluding hydrogens is 399 g/mol. The number of hydrogen-bond acceptors (Lipinski definition) is 4. The molecule has 0 aliphatic carbocycles. The lowest BCUT2D eigenvalue weighted by molar-refractivity contribution is -0.141. The lowest BCUT2D eigenvalue weighted by atomic mass is 10.0. The van der Waals surface area contributed by atoms with E-state index in [1.165, 1.54) is 0 Å². The number of piperidine rings is 1. The fraction of sp³-hybridized carbons (Fsp3) is 0.450. The number of benzene rings is 1. The number of halogens is 3. The third-order valence-corrected chi connectivity index (χ3v) is 5.08. The lowest BCUT2D eigenvalue weighted by Gasteiger charge is -2.32. The Hall–Kier alpha value is -2.42. The van der Waals surface area contributed by atoms with Crippen LogP contribution >= 0.6 is 12.2 Å². The van der Waals surface area contributed by atoms with Crippen LogP contribution in [-0.2, 0) is 6.18 Å². The first-order valence-corrected chi connectivity index (χ1v) is 9.97. The van der Waals surface area contributed by atoms with E-state index in [0.717, 1.165) is 24.5 Å². The summed E-state index contributed by atoms with van der Waals surface area (Å²) in [5.74, 6) is 0.505. The van der Waals surface area contributed by atoms with Gasteiger partial charge in [-0.05, 0) is 43.5 Å². The second-order valence-corrected chi connectivity index (χ2v) is 7.77. The molecular formula is C20H24F3N5S. The van der Waals surface area contributed by atoms with Crippen molar-refractivity contribution in [2.45, 2.75) is 38.9 Å². The Balaban J connectivity index is 1.78. The van der Waals surface area contributed by atoms with Gasteiger partial charge in [-0.15, -0.1) is 0 Å². The summed E-state index contributed by atoms with van der Waals surface area (Å²) in [4.78, 5) is 9.81. The molecule has 0 unspecified atom stereocenters. The van der Waals surface area contributed by atoms with Crippen LogP contribution in [-0.4, -0.2) is 28.2 Å². The fourth-order valence-electron chi connectivity index (χ4n) is 3.35. The molecule has 1 aliphatic heterocycles. The number of hydrogen-bond donors (Lipinski definition) is 2. The minimum Gasteiger partial charge on any atom is -0.356 e. The molecule has 0 spiro atoms. The number of thiocarbonyl (C=S) groups is 1. The summed E-state index contributed by atoms with van der Waals surface area (Å²) < 4.78 is 40.1. The molecule has 2 aromatic rings. The quantitative estimate of drug-likeness (QED) is 0.691. The van der Waals surface area contributed by atoms with Crippen LogP contribution in [0.3, 0.4) is 0 Å². The second-order valence-electron chi connectivity index (χ2n) is 7.36. The molecule has 3 rings (SSSR count). The van der Waals surface area contributed by atoms with E-state index in [0.29, 0.717) is 19.0 Å². The van der Waals surface area contributed by atoms with Gasteiger partial charge in [0.05, 0.1) is 6.04 Å². The Kier molecular flexibility index (Phi) is 6.56. The van der Waals surface area contributed by atoms with Gasteiger partial charge >= 0.3 is 6.18 Å². The SMILES string of the molecule is C[C@H]1CCCN(c2cc(C(F)(F)F)nc(NC(=S)N[C@H](C)c3ccccc3)n2)C1. The predicted octanol–water partition coefficient (Wildman–Crippen LogP) is 4.78. The summed E-state index contributed by atoms with van der Waals surface area (Å²) in [7, 11) is 0. The second kappa shape index (κ2) is 8.94. The van der Waals surface area contributed by atoms with Crippen LogP contribution in [0.25, 0.3) is 0 Å². The summed E-state index contributed by atoms with van der Waals surface area (Å²) >= 11 is 5.27. The van der Waals surface area contributed by atoms with Gasteiger partial charge in [0.25, 0.3) is 0 Å². The molecule has 1 aromatic heterocycles. The van der Waals surface area contributed by atoms with Crippen LogP contribution in [0.5, 0.6) is 0 Å². The number of nitrogens with zero attached hydrogens (tertiary/aromatic N) is 3. The Morgan fingerprint density at radius 1 is 1.24 bits per heavy atom. The van der Waals surface area contributed by atoms with Gasteiger partial charge in [0, 0.05) is 19.2 Å². The molecule has 0 amide bonds. The normalized spacial score (nSPS) is 18.2. The first kappa shape index (κ1) is 21.3. The van der Waals surface area contributed by atoms with Gasteiger partial charge in [-0.3, -0.25) is 0 Å². The Morgan fingerprint density at radius 2 is 1.97 bits per heavy atom. The first-order valence-electron chi connectivity index (χ1n) is 9.56. The molecule has 1 aliphatic rings. The maximum Gasteiger partial charge on any atom is 0.433 e. The summed E-state index contributed by atoms with van der Waals surface area (Å²) in [6.07, 6.45) is -2.59. The summed E-state index contributed by atoms with van der Waals surface area (Å²) in [6, 6.07) is 10.5. The van der Waals surface area contributed by atoms with Crippen LogP contribution in [0.15, 0.2) is 36.4 Å². The van der Waals surface area contributed by atoms with Crippen molar-refractivity contribution in [2.24, 2.45) is 5.92 Å². The van der Waals surface area contributed by atoms with Gasteiger partial charge in [-0.2, -0.15) is 18.2 Å². The van der Waals surface area contributed by atoms with Crippen LogP contribution in [0.4, 0.5) is 24.9 Å². The van der Waals surface area contributed by atoms with Crippen molar-refractivity contribution < 1.29 is 13.2 Å². The summed E-state index contributed by atoms with van der Waals surface area (Å²) in [5.41, 5.74) is 0.0201. The van der Waals surface area contributed by atoms with Crippen LogP contribution in [0, 0.1) is 5.92 Å². The topological polar surface area (TPSA) is 53.1 Å². The maximum atomic E-state index is 13.4. The van der Waals surface area contributed by atoms with E-state index in [1.807, 2.05) is 42.2 Å². The van der Waals surface area contributed by atoms with E-state index in [9.17, 15) is 13.2 Å². The monoisotopic (exact) mass is 423 g/mol. The van der Waals surface area contributed by atoms with E-state index in [2.05, 4.69) is 27.5 Å². The van der Waals surface area contributed by atoms with Crippen LogP contribution in [0.2, 0.25) is 0 Å². The highest BCUT2D eigenvalue weighted by Crippen LogP contribution is 2.31. The smallest absolute Gasteiger partial charge is 0.356 e. The molecule has 0 bridgehead atoms. The molecule has 0 radical (unpaired) electrons. The molecule has 9 heteroatoms. The molecule has 0 saturated carbocycles. The molecule has 29 heavy (non-hydrogen) atoms. The van der Waals surface area contributed by atoms with E-state index < -0.39 is 11.9 Å². The molecule has 156 valence electrons. The lowest BCUT2D eigenvalue weighted by Crippen LogP contribution is -2.36. The van der Waals surface area contributed by atoms with Gasteiger partial charge in [0.1, 0.15) is 5.82 Å². The third kappa shape index (κ3) is 5.79. The first-order chi connectivity index (χ1) is 13.7. The van der Waals surface area contributed by atoms with Crippen molar-refractivity contribution in [3.8, 4) is 0 Å². The standard InChI is InChI=1S/C20H24F3N5S/c1-13-7-6-10-28(12-13)17-11-16(20(21,22)23)25-18(26-17)27-19(29)24-14(2)15-8-4-3-5-9-15/h3-5,8-9,11,13-14H,6-7,10,12H2,1-2H3,(H2,24,25,26,27,29)/t13-,14+/m0/s1. The van der Waals surface area contributed by atoms with Crippen LogP contribution in [0.1, 0.15) is 44.0 Å². The van der Waals surface area contributed by atoms with Crippen molar-refractivity contribution in [2.75, 3.05) is 23.3 Å². The van der Waals surface area contributed by atoms with Gasteiger partial charge in [0.15, 0.2) is 10.8 Å². The van der Waals surface area contributed by atoms with Crippen molar-refractivity contribution in [1.82, 2.24) is 15.3 Å². The van der Waals surface area contributed by atoms with Gasteiger partial charge in [-0.25, -0.2) is 4.98 Å². The minimum absolute atomic E-state index is 0.121. The largest absolute Gasteiger partial charge is 0.433 e. The minimum atomic E-state index is -4.57. The van der Waals surface area contributed by atoms with Crippen molar-refractivity contribution in [3.05, 3.63) is 47.7 Å².